The number of fused-ring (bicyclic) bond motifs is 1. The Morgan fingerprint density at radius 1 is 1.22 bits per heavy atom. The lowest BCUT2D eigenvalue weighted by Crippen LogP contribution is -2.34. The molecule has 2 aromatic rings. The average Bonchev–Trinajstić information content (AvgIpc) is 2.48. The summed E-state index contributed by atoms with van der Waals surface area (Å²) in [4.78, 5) is 4.36. The molecule has 7 heteroatoms. The van der Waals surface area contributed by atoms with Crippen molar-refractivity contribution in [2.45, 2.75) is 20.8 Å². The lowest BCUT2D eigenvalue weighted by Gasteiger charge is -2.19. The van der Waals surface area contributed by atoms with Crippen LogP contribution in [0.3, 0.4) is 0 Å². The third-order valence-electron chi connectivity index (χ3n) is 3.67. The number of nitrogens with zero attached hydrogens (tertiary/aromatic N) is 2. The van der Waals surface area contributed by atoms with Crippen LogP contribution < -0.4 is 5.32 Å². The molecule has 23 heavy (non-hydrogen) atoms. The van der Waals surface area contributed by atoms with Crippen LogP contribution in [-0.4, -0.2) is 43.1 Å². The first-order valence-electron chi connectivity index (χ1n) is 7.66. The molecule has 0 amide bonds. The second-order valence-corrected chi connectivity index (χ2v) is 7.39. The highest BCUT2D eigenvalue weighted by atomic mass is 32.2. The van der Waals surface area contributed by atoms with Crippen LogP contribution in [0.4, 0.5) is 10.1 Å². The number of anilines is 1. The predicted octanol–water partition coefficient (Wildman–Crippen LogP) is 2.77. The van der Waals surface area contributed by atoms with Crippen molar-refractivity contribution in [1.29, 1.82) is 0 Å². The van der Waals surface area contributed by atoms with E-state index in [1.54, 1.807) is 12.1 Å². The van der Waals surface area contributed by atoms with Gasteiger partial charge in [0, 0.05) is 36.4 Å². The summed E-state index contributed by atoms with van der Waals surface area (Å²) < 4.78 is 39.3. The van der Waals surface area contributed by atoms with Crippen LogP contribution in [-0.2, 0) is 10.0 Å². The van der Waals surface area contributed by atoms with Gasteiger partial charge in [-0.3, -0.25) is 4.98 Å². The summed E-state index contributed by atoms with van der Waals surface area (Å²) in [5.74, 6) is -0.352. The highest BCUT2D eigenvalue weighted by Gasteiger charge is 2.18. The van der Waals surface area contributed by atoms with Crippen LogP contribution >= 0.6 is 0 Å². The van der Waals surface area contributed by atoms with E-state index < -0.39 is 10.0 Å². The van der Waals surface area contributed by atoms with Gasteiger partial charge >= 0.3 is 0 Å². The lowest BCUT2D eigenvalue weighted by molar-refractivity contribution is 0.446. The Hall–Kier alpha value is -1.73. The van der Waals surface area contributed by atoms with E-state index >= 15 is 0 Å². The van der Waals surface area contributed by atoms with Crippen LogP contribution in [0.5, 0.6) is 0 Å². The van der Waals surface area contributed by atoms with Gasteiger partial charge < -0.3 is 5.32 Å². The van der Waals surface area contributed by atoms with E-state index in [4.69, 9.17) is 0 Å². The molecule has 0 radical (unpaired) electrons. The summed E-state index contributed by atoms with van der Waals surface area (Å²) in [7, 11) is -3.28. The molecule has 1 N–H and O–H groups in total. The zero-order valence-electron chi connectivity index (χ0n) is 13.6. The monoisotopic (exact) mass is 339 g/mol. The first kappa shape index (κ1) is 17.6. The summed E-state index contributed by atoms with van der Waals surface area (Å²) in [5, 5.41) is 3.75. The molecule has 2 rings (SSSR count). The van der Waals surface area contributed by atoms with Crippen molar-refractivity contribution < 1.29 is 12.8 Å². The molecule has 1 heterocycles. The Morgan fingerprint density at radius 3 is 2.57 bits per heavy atom. The highest BCUT2D eigenvalue weighted by Crippen LogP contribution is 2.24. The number of hydrogen-bond acceptors (Lipinski definition) is 4. The van der Waals surface area contributed by atoms with Gasteiger partial charge in [0.25, 0.3) is 0 Å². The summed E-state index contributed by atoms with van der Waals surface area (Å²) in [6.45, 7) is 6.66. The highest BCUT2D eigenvalue weighted by molar-refractivity contribution is 7.89. The minimum absolute atomic E-state index is 0.00708. The standard InChI is InChI=1S/C16H22FN3O2S/c1-4-20(5-2)23(21,22)9-8-18-16-10-12(3)19-15-7-6-13(17)11-14(15)16/h6-7,10-11H,4-5,8-9H2,1-3H3,(H,18,19). The van der Waals surface area contributed by atoms with Crippen molar-refractivity contribution in [2.75, 3.05) is 30.7 Å². The number of hydrogen-bond donors (Lipinski definition) is 1. The van der Waals surface area contributed by atoms with E-state index in [1.807, 2.05) is 20.8 Å². The van der Waals surface area contributed by atoms with Crippen LogP contribution in [0, 0.1) is 12.7 Å². The SMILES string of the molecule is CCN(CC)S(=O)(=O)CCNc1cc(C)nc2ccc(F)cc12. The van der Waals surface area contributed by atoms with E-state index in [-0.39, 0.29) is 18.1 Å². The maximum Gasteiger partial charge on any atom is 0.215 e. The first-order valence-corrected chi connectivity index (χ1v) is 9.27. The summed E-state index contributed by atoms with van der Waals surface area (Å²) in [6.07, 6.45) is 0. The number of halogens is 1. The largest absolute Gasteiger partial charge is 0.383 e. The number of benzene rings is 1. The molecule has 0 unspecified atom stereocenters. The molecular weight excluding hydrogens is 317 g/mol. The van der Waals surface area contributed by atoms with Gasteiger partial charge in [-0.2, -0.15) is 0 Å². The van der Waals surface area contributed by atoms with Gasteiger partial charge in [0.2, 0.25) is 10.0 Å². The van der Waals surface area contributed by atoms with E-state index in [2.05, 4.69) is 10.3 Å². The Balaban J connectivity index is 2.18. The lowest BCUT2D eigenvalue weighted by atomic mass is 10.1. The number of nitrogens with one attached hydrogen (secondary N) is 1. The molecule has 0 spiro atoms. The molecule has 0 fully saturated rings. The Labute approximate surface area is 136 Å². The molecule has 1 aromatic carbocycles. The minimum Gasteiger partial charge on any atom is -0.383 e. The van der Waals surface area contributed by atoms with Crippen LogP contribution in [0.25, 0.3) is 10.9 Å². The van der Waals surface area contributed by atoms with Gasteiger partial charge in [-0.25, -0.2) is 17.1 Å². The molecule has 126 valence electrons. The number of pyridine rings is 1. The van der Waals surface area contributed by atoms with Crippen molar-refractivity contribution in [1.82, 2.24) is 9.29 Å². The van der Waals surface area contributed by atoms with Crippen LogP contribution in [0.1, 0.15) is 19.5 Å². The van der Waals surface area contributed by atoms with Crippen LogP contribution in [0.15, 0.2) is 24.3 Å². The molecule has 0 aliphatic carbocycles. The van der Waals surface area contributed by atoms with Gasteiger partial charge in [0.15, 0.2) is 0 Å². The van der Waals surface area contributed by atoms with Gasteiger partial charge in [-0.1, -0.05) is 13.8 Å². The van der Waals surface area contributed by atoms with Crippen molar-refractivity contribution >= 4 is 26.6 Å². The number of aromatic nitrogens is 1. The summed E-state index contributed by atoms with van der Waals surface area (Å²) in [5.41, 5.74) is 2.17. The first-order chi connectivity index (χ1) is 10.9. The predicted molar refractivity (Wildman–Crippen MR) is 91.6 cm³/mol. The topological polar surface area (TPSA) is 62.3 Å². The van der Waals surface area contributed by atoms with Crippen molar-refractivity contribution in [2.24, 2.45) is 0 Å². The zero-order valence-corrected chi connectivity index (χ0v) is 14.5. The normalized spacial score (nSPS) is 12.0. The Bertz CT molecular complexity index is 789. The van der Waals surface area contributed by atoms with E-state index in [0.717, 1.165) is 5.69 Å². The summed E-state index contributed by atoms with van der Waals surface area (Å²) in [6, 6.07) is 6.19. The van der Waals surface area contributed by atoms with Gasteiger partial charge in [0.05, 0.1) is 11.3 Å². The fourth-order valence-corrected chi connectivity index (χ4v) is 3.94. The molecule has 1 aromatic heterocycles. The number of rotatable bonds is 7. The molecule has 0 saturated carbocycles. The maximum absolute atomic E-state index is 13.5. The smallest absolute Gasteiger partial charge is 0.215 e. The number of aryl methyl sites for hydroxylation is 1. The second kappa shape index (κ2) is 7.23. The fourth-order valence-electron chi connectivity index (χ4n) is 2.54. The van der Waals surface area contributed by atoms with Gasteiger partial charge in [-0.05, 0) is 31.2 Å². The molecule has 0 saturated heterocycles. The van der Waals surface area contributed by atoms with Crippen LogP contribution in [0.2, 0.25) is 0 Å². The molecule has 0 aliphatic heterocycles. The van der Waals surface area contributed by atoms with E-state index in [1.165, 1.54) is 16.4 Å². The third kappa shape index (κ3) is 4.17. The second-order valence-electron chi connectivity index (χ2n) is 5.30. The van der Waals surface area contributed by atoms with Crippen molar-refractivity contribution in [3.05, 3.63) is 35.8 Å². The van der Waals surface area contributed by atoms with Gasteiger partial charge in [-0.15, -0.1) is 0 Å². The molecular formula is C16H22FN3O2S. The Morgan fingerprint density at radius 2 is 1.91 bits per heavy atom. The molecule has 0 atom stereocenters. The fraction of sp³-hybridized carbons (Fsp3) is 0.438. The van der Waals surface area contributed by atoms with E-state index in [9.17, 15) is 12.8 Å². The number of sulfonamides is 1. The van der Waals surface area contributed by atoms with E-state index in [0.29, 0.717) is 29.7 Å². The minimum atomic E-state index is -3.28. The summed E-state index contributed by atoms with van der Waals surface area (Å²) >= 11 is 0. The average molecular weight is 339 g/mol. The quantitative estimate of drug-likeness (QED) is 0.842. The zero-order chi connectivity index (χ0) is 17.0. The van der Waals surface area contributed by atoms with Crippen molar-refractivity contribution in [3.8, 4) is 0 Å². The maximum atomic E-state index is 13.5. The molecule has 0 bridgehead atoms. The van der Waals surface area contributed by atoms with Gasteiger partial charge in [0.1, 0.15) is 5.82 Å². The van der Waals surface area contributed by atoms with Crippen molar-refractivity contribution in [3.63, 3.8) is 0 Å². The Kier molecular flexibility index (Phi) is 5.54. The molecule has 5 nitrogen and oxygen atoms in total. The molecule has 0 aliphatic rings. The third-order valence-corrected chi connectivity index (χ3v) is 5.70.